The minimum Gasteiger partial charge on any atom is -0.490 e. The average Bonchev–Trinajstić information content (AvgIpc) is 2.89. The summed E-state index contributed by atoms with van der Waals surface area (Å²) in [7, 11) is 0. The predicted molar refractivity (Wildman–Crippen MR) is 151 cm³/mol. The van der Waals surface area contributed by atoms with Crippen molar-refractivity contribution < 1.29 is 33.0 Å². The Balaban J connectivity index is 1.58. The molecule has 0 bridgehead atoms. The Morgan fingerprint density at radius 2 is 1.77 bits per heavy atom. The van der Waals surface area contributed by atoms with E-state index in [1.54, 1.807) is 19.1 Å². The van der Waals surface area contributed by atoms with Gasteiger partial charge in [-0.3, -0.25) is 19.7 Å². The molecular formula is C29H25BrFN3O6. The number of urea groups is 1. The van der Waals surface area contributed by atoms with Crippen molar-refractivity contribution >= 4 is 57.1 Å². The number of carbonyl (C=O) groups is 4. The van der Waals surface area contributed by atoms with Gasteiger partial charge in [0.1, 0.15) is 11.4 Å². The zero-order valence-electron chi connectivity index (χ0n) is 21.8. The van der Waals surface area contributed by atoms with E-state index in [1.807, 2.05) is 32.0 Å². The molecule has 1 heterocycles. The van der Waals surface area contributed by atoms with Gasteiger partial charge in [-0.15, -0.1) is 0 Å². The molecule has 0 aromatic heterocycles. The molecule has 1 fully saturated rings. The Kier molecular flexibility index (Phi) is 8.64. The van der Waals surface area contributed by atoms with Crippen molar-refractivity contribution in [2.24, 2.45) is 0 Å². The second kappa shape index (κ2) is 12.1. The zero-order valence-corrected chi connectivity index (χ0v) is 23.4. The van der Waals surface area contributed by atoms with E-state index in [2.05, 4.69) is 26.6 Å². The highest BCUT2D eigenvalue weighted by Crippen LogP contribution is 2.38. The lowest BCUT2D eigenvalue weighted by Gasteiger charge is -2.26. The molecule has 0 radical (unpaired) electrons. The van der Waals surface area contributed by atoms with Crippen LogP contribution in [0, 0.1) is 19.7 Å². The molecule has 3 aromatic rings. The van der Waals surface area contributed by atoms with Crippen LogP contribution >= 0.6 is 15.9 Å². The Hall–Kier alpha value is -4.51. The molecule has 0 spiro atoms. The summed E-state index contributed by atoms with van der Waals surface area (Å²) >= 11 is 3.41. The normalized spacial score (nSPS) is 14.3. The highest BCUT2D eigenvalue weighted by atomic mass is 79.9. The summed E-state index contributed by atoms with van der Waals surface area (Å²) in [6.07, 6.45) is 1.30. The SMILES string of the molecule is CCOc1cc(/C=C2\C(=O)NC(=O)N(c3ccc(F)cc3)C2=O)cc(Br)c1OCC(=O)Nc1cc(C)ccc1C. The summed E-state index contributed by atoms with van der Waals surface area (Å²) < 4.78 is 25.2. The molecular weight excluding hydrogens is 585 g/mol. The van der Waals surface area contributed by atoms with Gasteiger partial charge in [-0.2, -0.15) is 0 Å². The molecule has 5 amide bonds. The summed E-state index contributed by atoms with van der Waals surface area (Å²) in [4.78, 5) is 51.4. The molecule has 1 aliphatic heterocycles. The molecule has 0 atom stereocenters. The monoisotopic (exact) mass is 609 g/mol. The highest BCUT2D eigenvalue weighted by Gasteiger charge is 2.37. The van der Waals surface area contributed by atoms with Crippen molar-refractivity contribution in [3.05, 3.63) is 87.2 Å². The number of carbonyl (C=O) groups excluding carboxylic acids is 4. The minimum absolute atomic E-state index is 0.0985. The molecule has 1 aliphatic rings. The molecule has 206 valence electrons. The maximum Gasteiger partial charge on any atom is 0.335 e. The van der Waals surface area contributed by atoms with Gasteiger partial charge in [-0.25, -0.2) is 14.1 Å². The quantitative estimate of drug-likeness (QED) is 0.265. The van der Waals surface area contributed by atoms with Crippen molar-refractivity contribution in [2.75, 3.05) is 23.4 Å². The summed E-state index contributed by atoms with van der Waals surface area (Å²) in [6, 6.07) is 12.6. The van der Waals surface area contributed by atoms with Crippen LogP contribution in [0.3, 0.4) is 0 Å². The topological polar surface area (TPSA) is 114 Å². The summed E-state index contributed by atoms with van der Waals surface area (Å²) in [6.45, 7) is 5.54. The molecule has 9 nitrogen and oxygen atoms in total. The predicted octanol–water partition coefficient (Wildman–Crippen LogP) is 5.29. The minimum atomic E-state index is -0.946. The van der Waals surface area contributed by atoms with Crippen molar-refractivity contribution in [3.8, 4) is 11.5 Å². The second-order valence-corrected chi connectivity index (χ2v) is 9.71. The molecule has 2 N–H and O–H groups in total. The largest absolute Gasteiger partial charge is 0.490 e. The van der Waals surface area contributed by atoms with Gasteiger partial charge in [-0.1, -0.05) is 12.1 Å². The fraction of sp³-hybridized carbons (Fsp3) is 0.172. The van der Waals surface area contributed by atoms with E-state index in [4.69, 9.17) is 9.47 Å². The lowest BCUT2D eigenvalue weighted by molar-refractivity contribution is -0.122. The van der Waals surface area contributed by atoms with Crippen molar-refractivity contribution in [1.29, 1.82) is 0 Å². The molecule has 40 heavy (non-hydrogen) atoms. The van der Waals surface area contributed by atoms with Crippen molar-refractivity contribution in [3.63, 3.8) is 0 Å². The zero-order chi connectivity index (χ0) is 29.0. The van der Waals surface area contributed by atoms with Gasteiger partial charge < -0.3 is 14.8 Å². The summed E-state index contributed by atoms with van der Waals surface area (Å²) in [5.41, 5.74) is 2.76. The van der Waals surface area contributed by atoms with E-state index in [0.717, 1.165) is 28.2 Å². The number of ether oxygens (including phenoxy) is 2. The number of nitrogens with one attached hydrogen (secondary N) is 2. The number of imide groups is 2. The van der Waals surface area contributed by atoms with Crippen LogP contribution < -0.4 is 25.0 Å². The summed E-state index contributed by atoms with van der Waals surface area (Å²) in [5.74, 6) is -2.16. The van der Waals surface area contributed by atoms with Crippen LogP contribution in [-0.2, 0) is 14.4 Å². The van der Waals surface area contributed by atoms with Crippen LogP contribution in [0.25, 0.3) is 6.08 Å². The molecule has 4 rings (SSSR count). The molecule has 3 aromatic carbocycles. The molecule has 0 unspecified atom stereocenters. The number of hydrogen-bond acceptors (Lipinski definition) is 6. The van der Waals surface area contributed by atoms with E-state index in [9.17, 15) is 23.6 Å². The van der Waals surface area contributed by atoms with Gasteiger partial charge in [0.2, 0.25) is 0 Å². The number of benzene rings is 3. The van der Waals surface area contributed by atoms with E-state index < -0.39 is 23.7 Å². The van der Waals surface area contributed by atoms with Gasteiger partial charge in [0.25, 0.3) is 17.7 Å². The first-order valence-corrected chi connectivity index (χ1v) is 13.0. The van der Waals surface area contributed by atoms with E-state index in [1.165, 1.54) is 18.2 Å². The van der Waals surface area contributed by atoms with E-state index >= 15 is 0 Å². The first-order chi connectivity index (χ1) is 19.1. The van der Waals surface area contributed by atoms with Crippen LogP contribution in [-0.4, -0.2) is 37.0 Å². The molecule has 1 saturated heterocycles. The molecule has 11 heteroatoms. The van der Waals surface area contributed by atoms with Crippen LogP contribution in [0.15, 0.2) is 64.6 Å². The van der Waals surface area contributed by atoms with Gasteiger partial charge in [0, 0.05) is 5.69 Å². The lowest BCUT2D eigenvalue weighted by atomic mass is 10.1. The number of hydrogen-bond donors (Lipinski definition) is 2. The number of rotatable bonds is 8. The smallest absolute Gasteiger partial charge is 0.335 e. The number of barbiturate groups is 1. The lowest BCUT2D eigenvalue weighted by Crippen LogP contribution is -2.54. The van der Waals surface area contributed by atoms with Crippen LogP contribution in [0.5, 0.6) is 11.5 Å². The Bertz CT molecular complexity index is 1540. The number of aryl methyl sites for hydroxylation is 2. The van der Waals surface area contributed by atoms with E-state index in [-0.39, 0.29) is 41.9 Å². The standard InChI is InChI=1S/C29H25BrFN3O6/c1-4-39-24-14-18(12-21-27(36)33-29(38)34(28(21)37)20-9-7-19(31)8-10-20)13-22(30)26(24)40-15-25(35)32-23-11-16(2)5-6-17(23)3/h5-14H,4,15H2,1-3H3,(H,32,35)(H,33,36,38)/b21-12+. The first kappa shape index (κ1) is 28.5. The number of amides is 5. The third kappa shape index (κ3) is 6.37. The molecule has 0 saturated carbocycles. The van der Waals surface area contributed by atoms with Crippen LogP contribution in [0.1, 0.15) is 23.6 Å². The van der Waals surface area contributed by atoms with Crippen molar-refractivity contribution in [2.45, 2.75) is 20.8 Å². The number of anilines is 2. The van der Waals surface area contributed by atoms with Crippen LogP contribution in [0.2, 0.25) is 0 Å². The third-order valence-electron chi connectivity index (χ3n) is 5.84. The number of halogens is 2. The van der Waals surface area contributed by atoms with Gasteiger partial charge in [-0.05, 0) is 102 Å². The van der Waals surface area contributed by atoms with Crippen molar-refractivity contribution in [1.82, 2.24) is 5.32 Å². The first-order valence-electron chi connectivity index (χ1n) is 12.2. The Morgan fingerprint density at radius 3 is 2.48 bits per heavy atom. The Labute approximate surface area is 238 Å². The second-order valence-electron chi connectivity index (χ2n) is 8.85. The Morgan fingerprint density at radius 1 is 1.05 bits per heavy atom. The fourth-order valence-electron chi connectivity index (χ4n) is 3.92. The van der Waals surface area contributed by atoms with Gasteiger partial charge >= 0.3 is 6.03 Å². The third-order valence-corrected chi connectivity index (χ3v) is 6.43. The van der Waals surface area contributed by atoms with Gasteiger partial charge in [0.15, 0.2) is 18.1 Å². The number of nitrogens with zero attached hydrogens (tertiary/aromatic N) is 1. The van der Waals surface area contributed by atoms with Crippen LogP contribution in [0.4, 0.5) is 20.6 Å². The fourth-order valence-corrected chi connectivity index (χ4v) is 4.49. The van der Waals surface area contributed by atoms with E-state index in [0.29, 0.717) is 15.7 Å². The maximum absolute atomic E-state index is 13.4. The summed E-state index contributed by atoms with van der Waals surface area (Å²) in [5, 5.41) is 4.95. The molecule has 0 aliphatic carbocycles. The van der Waals surface area contributed by atoms with Gasteiger partial charge in [0.05, 0.1) is 16.8 Å². The highest BCUT2D eigenvalue weighted by molar-refractivity contribution is 9.10. The average molecular weight is 610 g/mol. The maximum atomic E-state index is 13.4.